The van der Waals surface area contributed by atoms with Gasteiger partial charge in [0.25, 0.3) is 0 Å². The Hall–Kier alpha value is -2.19. The summed E-state index contributed by atoms with van der Waals surface area (Å²) < 4.78 is 0. The van der Waals surface area contributed by atoms with Crippen LogP contribution in [0.5, 0.6) is 0 Å². The molecule has 1 N–H and O–H groups in total. The maximum Gasteiger partial charge on any atom is 0.113 e. The van der Waals surface area contributed by atoms with Gasteiger partial charge in [-0.15, -0.1) is 0 Å². The maximum absolute atomic E-state index is 10.8. The van der Waals surface area contributed by atoms with Gasteiger partial charge in [-0.2, -0.15) is 0 Å². The first-order chi connectivity index (χ1) is 9.18. The molecule has 0 spiro atoms. The summed E-state index contributed by atoms with van der Waals surface area (Å²) in [7, 11) is 0. The Morgan fingerprint density at radius 2 is 1.58 bits per heavy atom. The second kappa shape index (κ2) is 4.48. The van der Waals surface area contributed by atoms with Gasteiger partial charge in [0.2, 0.25) is 0 Å². The molecule has 1 heterocycles. The molecule has 0 aliphatic rings. The van der Waals surface area contributed by atoms with Gasteiger partial charge in [0, 0.05) is 17.1 Å². The first-order valence-electron chi connectivity index (χ1n) is 6.31. The molecule has 0 aliphatic heterocycles. The van der Waals surface area contributed by atoms with E-state index in [-0.39, 0.29) is 0 Å². The average molecular weight is 249 g/mol. The summed E-state index contributed by atoms with van der Waals surface area (Å²) in [5, 5.41) is 11.8. The fraction of sp³-hybridized carbons (Fsp3) is 0.118. The highest BCUT2D eigenvalue weighted by atomic mass is 16.3. The van der Waals surface area contributed by atoms with Crippen LogP contribution in [-0.2, 0) is 5.60 Å². The van der Waals surface area contributed by atoms with Gasteiger partial charge in [-0.3, -0.25) is 4.98 Å². The Kier molecular flexibility index (Phi) is 2.80. The number of para-hydroxylation sites is 1. The second-order valence-electron chi connectivity index (χ2n) is 4.85. The van der Waals surface area contributed by atoms with Gasteiger partial charge in [-0.1, -0.05) is 48.5 Å². The molecule has 19 heavy (non-hydrogen) atoms. The summed E-state index contributed by atoms with van der Waals surface area (Å²) in [4.78, 5) is 4.41. The molecule has 2 heteroatoms. The van der Waals surface area contributed by atoms with Crippen molar-refractivity contribution in [3.63, 3.8) is 0 Å². The van der Waals surface area contributed by atoms with Crippen LogP contribution in [0.3, 0.4) is 0 Å². The van der Waals surface area contributed by atoms with Gasteiger partial charge in [-0.25, -0.2) is 0 Å². The molecule has 1 unspecified atom stereocenters. The molecule has 1 aromatic heterocycles. The highest BCUT2D eigenvalue weighted by molar-refractivity contribution is 5.79. The Bertz CT molecular complexity index is 705. The molecule has 0 fully saturated rings. The number of aliphatic hydroxyl groups is 1. The standard InChI is InChI=1S/C17H15NO/c1-17(19,14-8-3-2-4-9-14)15-11-13-7-5-6-10-16(13)18-12-15/h2-12,19H,1H3. The third-order valence-corrected chi connectivity index (χ3v) is 3.49. The fourth-order valence-electron chi connectivity index (χ4n) is 2.27. The van der Waals surface area contributed by atoms with Crippen LogP contribution >= 0.6 is 0 Å². The fourth-order valence-corrected chi connectivity index (χ4v) is 2.27. The third-order valence-electron chi connectivity index (χ3n) is 3.49. The predicted molar refractivity (Wildman–Crippen MR) is 76.9 cm³/mol. The van der Waals surface area contributed by atoms with Gasteiger partial charge in [0.1, 0.15) is 5.60 Å². The lowest BCUT2D eigenvalue weighted by Crippen LogP contribution is -2.22. The zero-order valence-electron chi connectivity index (χ0n) is 10.7. The Morgan fingerprint density at radius 3 is 2.37 bits per heavy atom. The highest BCUT2D eigenvalue weighted by Gasteiger charge is 2.25. The number of hydrogen-bond donors (Lipinski definition) is 1. The van der Waals surface area contributed by atoms with Gasteiger partial charge < -0.3 is 5.11 Å². The van der Waals surface area contributed by atoms with E-state index >= 15 is 0 Å². The van der Waals surface area contributed by atoms with Gasteiger partial charge in [0.15, 0.2) is 0 Å². The molecule has 0 aliphatic carbocycles. The SMILES string of the molecule is CC(O)(c1ccccc1)c1cnc2ccccc2c1. The summed E-state index contributed by atoms with van der Waals surface area (Å²) in [6, 6.07) is 19.6. The van der Waals surface area contributed by atoms with Crippen molar-refractivity contribution in [2.45, 2.75) is 12.5 Å². The Balaban J connectivity index is 2.13. The van der Waals surface area contributed by atoms with E-state index in [1.807, 2.05) is 60.7 Å². The molecule has 0 saturated heterocycles. The number of aromatic nitrogens is 1. The largest absolute Gasteiger partial charge is 0.381 e. The van der Waals surface area contributed by atoms with E-state index in [9.17, 15) is 5.11 Å². The number of fused-ring (bicyclic) bond motifs is 1. The minimum absolute atomic E-state index is 0.803. The van der Waals surface area contributed by atoms with Gasteiger partial charge >= 0.3 is 0 Å². The average Bonchev–Trinajstić information content (AvgIpc) is 2.47. The minimum atomic E-state index is -1.03. The molecule has 0 saturated carbocycles. The van der Waals surface area contributed by atoms with Crippen LogP contribution < -0.4 is 0 Å². The summed E-state index contributed by atoms with van der Waals surface area (Å²) >= 11 is 0. The molecule has 3 aromatic rings. The Morgan fingerprint density at radius 1 is 0.895 bits per heavy atom. The molecule has 2 nitrogen and oxygen atoms in total. The van der Waals surface area contributed by atoms with Crippen molar-refractivity contribution in [1.82, 2.24) is 4.98 Å². The first-order valence-corrected chi connectivity index (χ1v) is 6.31. The minimum Gasteiger partial charge on any atom is -0.381 e. The smallest absolute Gasteiger partial charge is 0.113 e. The van der Waals surface area contributed by atoms with E-state index in [2.05, 4.69) is 4.98 Å². The van der Waals surface area contributed by atoms with Gasteiger partial charge in [0.05, 0.1) is 5.52 Å². The summed E-state index contributed by atoms with van der Waals surface area (Å²) in [6.45, 7) is 1.80. The molecule has 2 aromatic carbocycles. The number of pyridine rings is 1. The molecular formula is C17H15NO. The lowest BCUT2D eigenvalue weighted by Gasteiger charge is -2.24. The van der Waals surface area contributed by atoms with Crippen molar-refractivity contribution < 1.29 is 5.11 Å². The monoisotopic (exact) mass is 249 g/mol. The van der Waals surface area contributed by atoms with Crippen LogP contribution in [0.15, 0.2) is 66.9 Å². The lowest BCUT2D eigenvalue weighted by molar-refractivity contribution is 0.102. The van der Waals surface area contributed by atoms with Crippen LogP contribution in [0.1, 0.15) is 18.1 Å². The second-order valence-corrected chi connectivity index (χ2v) is 4.85. The molecule has 0 radical (unpaired) electrons. The first kappa shape index (κ1) is 11.9. The lowest BCUT2D eigenvalue weighted by atomic mass is 9.89. The normalized spacial score (nSPS) is 14.2. The topological polar surface area (TPSA) is 33.1 Å². The summed E-state index contributed by atoms with van der Waals surface area (Å²) in [6.07, 6.45) is 1.75. The summed E-state index contributed by atoms with van der Waals surface area (Å²) in [5.74, 6) is 0. The Labute approximate surface area is 112 Å². The van der Waals surface area contributed by atoms with E-state index in [0.717, 1.165) is 22.0 Å². The van der Waals surface area contributed by atoms with Crippen LogP contribution in [-0.4, -0.2) is 10.1 Å². The molecule has 94 valence electrons. The van der Waals surface area contributed by atoms with Crippen LogP contribution in [0, 0.1) is 0 Å². The molecule has 0 bridgehead atoms. The van der Waals surface area contributed by atoms with E-state index in [4.69, 9.17) is 0 Å². The molecule has 0 amide bonds. The van der Waals surface area contributed by atoms with E-state index in [1.165, 1.54) is 0 Å². The quantitative estimate of drug-likeness (QED) is 0.754. The summed E-state index contributed by atoms with van der Waals surface area (Å²) in [5.41, 5.74) is 1.58. The van der Waals surface area contributed by atoms with Crippen molar-refractivity contribution in [3.05, 3.63) is 78.0 Å². The molecule has 3 rings (SSSR count). The van der Waals surface area contributed by atoms with Crippen molar-refractivity contribution in [2.24, 2.45) is 0 Å². The molecular weight excluding hydrogens is 234 g/mol. The van der Waals surface area contributed by atoms with Crippen molar-refractivity contribution >= 4 is 10.9 Å². The number of hydrogen-bond acceptors (Lipinski definition) is 2. The number of rotatable bonds is 2. The highest BCUT2D eigenvalue weighted by Crippen LogP contribution is 2.29. The third kappa shape index (κ3) is 2.11. The zero-order valence-corrected chi connectivity index (χ0v) is 10.7. The van der Waals surface area contributed by atoms with Crippen molar-refractivity contribution in [1.29, 1.82) is 0 Å². The van der Waals surface area contributed by atoms with Crippen LogP contribution in [0.2, 0.25) is 0 Å². The zero-order chi connectivity index (χ0) is 13.3. The van der Waals surface area contributed by atoms with Crippen molar-refractivity contribution in [3.8, 4) is 0 Å². The van der Waals surface area contributed by atoms with Crippen LogP contribution in [0.25, 0.3) is 10.9 Å². The van der Waals surface area contributed by atoms with Gasteiger partial charge in [-0.05, 0) is 24.6 Å². The van der Waals surface area contributed by atoms with E-state index < -0.39 is 5.60 Å². The van der Waals surface area contributed by atoms with Crippen LogP contribution in [0.4, 0.5) is 0 Å². The van der Waals surface area contributed by atoms with Crippen molar-refractivity contribution in [2.75, 3.05) is 0 Å². The molecule has 1 atom stereocenters. The van der Waals surface area contributed by atoms with E-state index in [1.54, 1.807) is 13.1 Å². The number of nitrogens with zero attached hydrogens (tertiary/aromatic N) is 1. The predicted octanol–water partition coefficient (Wildman–Crippen LogP) is 3.49. The maximum atomic E-state index is 10.8. The number of benzene rings is 2. The van der Waals surface area contributed by atoms with E-state index in [0.29, 0.717) is 0 Å².